The fourth-order valence-corrected chi connectivity index (χ4v) is 2.89. The van der Waals surface area contributed by atoms with Gasteiger partial charge in [0.25, 0.3) is 5.91 Å². The first-order valence-corrected chi connectivity index (χ1v) is 9.40. The minimum Gasteiger partial charge on any atom is -0.496 e. The Hall–Kier alpha value is -3.87. The summed E-state index contributed by atoms with van der Waals surface area (Å²) in [5.74, 6) is -0.702. The summed E-state index contributed by atoms with van der Waals surface area (Å²) in [6, 6.07) is 17.4. The molecule has 1 aromatic heterocycles. The first-order valence-electron chi connectivity index (χ1n) is 9.40. The van der Waals surface area contributed by atoms with Crippen molar-refractivity contribution in [1.29, 1.82) is 0 Å². The Kier molecular flexibility index (Phi) is 6.64. The fourth-order valence-electron chi connectivity index (χ4n) is 2.89. The van der Waals surface area contributed by atoms with Crippen LogP contribution >= 0.6 is 0 Å². The smallest absolute Gasteiger partial charge is 0.331 e. The number of hydrogen-bond donors (Lipinski definition) is 1. The third-order valence-electron chi connectivity index (χ3n) is 4.43. The number of benzene rings is 2. The van der Waals surface area contributed by atoms with Crippen molar-refractivity contribution in [3.05, 3.63) is 78.0 Å². The number of primary amides is 1. The monoisotopic (exact) mass is 405 g/mol. The second-order valence-electron chi connectivity index (χ2n) is 6.63. The van der Waals surface area contributed by atoms with Crippen LogP contribution in [0, 0.1) is 0 Å². The third-order valence-corrected chi connectivity index (χ3v) is 4.43. The van der Waals surface area contributed by atoms with Crippen LogP contribution in [0.15, 0.2) is 66.9 Å². The minimum absolute atomic E-state index is 0.569. The number of ether oxygens (including phenoxy) is 2. The van der Waals surface area contributed by atoms with E-state index in [1.807, 2.05) is 60.8 Å². The minimum atomic E-state index is -1.00. The van der Waals surface area contributed by atoms with E-state index >= 15 is 0 Å². The van der Waals surface area contributed by atoms with Crippen LogP contribution in [0.3, 0.4) is 0 Å². The van der Waals surface area contributed by atoms with Gasteiger partial charge in [-0.1, -0.05) is 42.5 Å². The Balaban J connectivity index is 1.94. The highest BCUT2D eigenvalue weighted by Crippen LogP contribution is 2.31. The Morgan fingerprint density at radius 3 is 2.53 bits per heavy atom. The second-order valence-corrected chi connectivity index (χ2v) is 6.63. The van der Waals surface area contributed by atoms with Crippen molar-refractivity contribution in [2.24, 2.45) is 5.73 Å². The Bertz CT molecular complexity index is 1060. The molecule has 1 heterocycles. The van der Waals surface area contributed by atoms with Gasteiger partial charge >= 0.3 is 5.97 Å². The molecule has 0 saturated carbocycles. The first kappa shape index (κ1) is 20.9. The van der Waals surface area contributed by atoms with Crippen LogP contribution in [0.4, 0.5) is 0 Å². The summed E-state index contributed by atoms with van der Waals surface area (Å²) in [4.78, 5) is 23.1. The van der Waals surface area contributed by atoms with E-state index in [2.05, 4.69) is 0 Å². The molecule has 7 nitrogen and oxygen atoms in total. The number of aromatic nitrogens is 2. The summed E-state index contributed by atoms with van der Waals surface area (Å²) in [5, 5.41) is 4.71. The number of hydrogen-bond acceptors (Lipinski definition) is 5. The molecule has 1 amide bonds. The standard InChI is InChI=1S/C23H23N3O4/c1-16(23(24)28)30-21(27)13-12-18-15-26(14-17-8-4-3-5-9-17)25-22(18)19-10-6-7-11-20(19)29-2/h3-13,15-16H,14H2,1-2H3,(H2,24,28)/b13-12+/t16-/m0/s1. The lowest BCUT2D eigenvalue weighted by atomic mass is 10.1. The van der Waals surface area contributed by atoms with Gasteiger partial charge in [0.05, 0.1) is 13.7 Å². The Labute approximate surface area is 174 Å². The highest BCUT2D eigenvalue weighted by Gasteiger charge is 2.16. The van der Waals surface area contributed by atoms with Crippen LogP contribution in [0.25, 0.3) is 17.3 Å². The van der Waals surface area contributed by atoms with E-state index in [1.165, 1.54) is 13.0 Å². The highest BCUT2D eigenvalue weighted by molar-refractivity contribution is 5.91. The lowest BCUT2D eigenvalue weighted by molar-refractivity contribution is -0.148. The average Bonchev–Trinajstić information content (AvgIpc) is 3.15. The van der Waals surface area contributed by atoms with Crippen molar-refractivity contribution in [2.45, 2.75) is 19.6 Å². The predicted molar refractivity (Wildman–Crippen MR) is 114 cm³/mol. The van der Waals surface area contributed by atoms with Gasteiger partial charge in [0, 0.05) is 23.4 Å². The zero-order chi connectivity index (χ0) is 21.5. The molecule has 30 heavy (non-hydrogen) atoms. The van der Waals surface area contributed by atoms with E-state index in [9.17, 15) is 9.59 Å². The van der Waals surface area contributed by atoms with Crippen LogP contribution < -0.4 is 10.5 Å². The number of esters is 1. The van der Waals surface area contributed by atoms with Crippen LogP contribution in [0.1, 0.15) is 18.1 Å². The molecule has 0 unspecified atom stereocenters. The fraction of sp³-hybridized carbons (Fsp3) is 0.174. The van der Waals surface area contributed by atoms with E-state index in [0.29, 0.717) is 23.6 Å². The number of rotatable bonds is 8. The molecule has 0 radical (unpaired) electrons. The molecule has 0 aliphatic heterocycles. The van der Waals surface area contributed by atoms with Gasteiger partial charge in [-0.2, -0.15) is 5.10 Å². The van der Waals surface area contributed by atoms with Gasteiger partial charge in [0.2, 0.25) is 0 Å². The van der Waals surface area contributed by atoms with Crippen molar-refractivity contribution in [3.63, 3.8) is 0 Å². The van der Waals surface area contributed by atoms with Gasteiger partial charge in [-0.15, -0.1) is 0 Å². The zero-order valence-electron chi connectivity index (χ0n) is 16.8. The van der Waals surface area contributed by atoms with Gasteiger partial charge in [0.15, 0.2) is 6.10 Å². The predicted octanol–water partition coefficient (Wildman–Crippen LogP) is 3.04. The first-order chi connectivity index (χ1) is 14.5. The molecule has 1 atom stereocenters. The van der Waals surface area contributed by atoms with Crippen molar-refractivity contribution in [3.8, 4) is 17.0 Å². The summed E-state index contributed by atoms with van der Waals surface area (Å²) < 4.78 is 12.2. The summed E-state index contributed by atoms with van der Waals surface area (Å²) in [5.41, 5.74) is 8.39. The van der Waals surface area contributed by atoms with Crippen molar-refractivity contribution in [1.82, 2.24) is 9.78 Å². The lowest BCUT2D eigenvalue weighted by Gasteiger charge is -2.07. The molecule has 154 valence electrons. The molecule has 0 fully saturated rings. The molecule has 0 saturated heterocycles. The van der Waals surface area contributed by atoms with Gasteiger partial charge in [0.1, 0.15) is 11.4 Å². The van der Waals surface area contributed by atoms with Crippen LogP contribution in [0.5, 0.6) is 5.75 Å². The van der Waals surface area contributed by atoms with Crippen molar-refractivity contribution in [2.75, 3.05) is 7.11 Å². The van der Waals surface area contributed by atoms with E-state index in [-0.39, 0.29) is 0 Å². The quantitative estimate of drug-likeness (QED) is 0.459. The number of amides is 1. The van der Waals surface area contributed by atoms with E-state index < -0.39 is 18.0 Å². The zero-order valence-corrected chi connectivity index (χ0v) is 16.8. The van der Waals surface area contributed by atoms with Crippen LogP contribution in [-0.2, 0) is 20.9 Å². The molecule has 0 aliphatic carbocycles. The number of para-hydroxylation sites is 1. The SMILES string of the molecule is COc1ccccc1-c1nn(Cc2ccccc2)cc1/C=C/C(=O)O[C@@H](C)C(N)=O. The Morgan fingerprint density at radius 2 is 1.83 bits per heavy atom. The van der Waals surface area contributed by atoms with E-state index in [0.717, 1.165) is 11.1 Å². The molecule has 0 bridgehead atoms. The van der Waals surface area contributed by atoms with Crippen LogP contribution in [-0.4, -0.2) is 34.9 Å². The number of nitrogens with two attached hydrogens (primary N) is 1. The largest absolute Gasteiger partial charge is 0.496 e. The van der Waals surface area contributed by atoms with Crippen molar-refractivity contribution < 1.29 is 19.1 Å². The number of carbonyl (C=O) groups is 2. The van der Waals surface area contributed by atoms with Gasteiger partial charge in [-0.3, -0.25) is 9.48 Å². The molecule has 3 aromatic rings. The third kappa shape index (κ3) is 5.14. The molecule has 0 aliphatic rings. The van der Waals surface area contributed by atoms with Crippen molar-refractivity contribution >= 4 is 18.0 Å². The molecule has 3 rings (SSSR count). The summed E-state index contributed by atoms with van der Waals surface area (Å²) in [6.45, 7) is 1.99. The normalized spacial score (nSPS) is 11.9. The molecular weight excluding hydrogens is 382 g/mol. The summed E-state index contributed by atoms with van der Waals surface area (Å²) >= 11 is 0. The highest BCUT2D eigenvalue weighted by atomic mass is 16.5. The average molecular weight is 405 g/mol. The van der Waals surface area contributed by atoms with Gasteiger partial charge in [-0.05, 0) is 30.7 Å². The number of carbonyl (C=O) groups excluding carboxylic acids is 2. The molecular formula is C23H23N3O4. The topological polar surface area (TPSA) is 96.4 Å². The molecule has 0 spiro atoms. The number of nitrogens with zero attached hydrogens (tertiary/aromatic N) is 2. The number of methoxy groups -OCH3 is 1. The van der Waals surface area contributed by atoms with Crippen LogP contribution in [0.2, 0.25) is 0 Å². The van der Waals surface area contributed by atoms with E-state index in [1.54, 1.807) is 17.9 Å². The van der Waals surface area contributed by atoms with Gasteiger partial charge in [-0.25, -0.2) is 4.79 Å². The lowest BCUT2D eigenvalue weighted by Crippen LogP contribution is -2.29. The Morgan fingerprint density at radius 1 is 1.13 bits per heavy atom. The van der Waals surface area contributed by atoms with E-state index in [4.69, 9.17) is 20.3 Å². The van der Waals surface area contributed by atoms with Gasteiger partial charge < -0.3 is 15.2 Å². The molecule has 2 N–H and O–H groups in total. The maximum atomic E-state index is 12.0. The summed E-state index contributed by atoms with van der Waals surface area (Å²) in [6.07, 6.45) is 3.70. The maximum Gasteiger partial charge on any atom is 0.331 e. The molecule has 2 aromatic carbocycles. The molecule has 7 heteroatoms. The maximum absolute atomic E-state index is 12.0. The summed E-state index contributed by atoms with van der Waals surface area (Å²) in [7, 11) is 1.60. The second kappa shape index (κ2) is 9.56.